The van der Waals surface area contributed by atoms with Crippen LogP contribution in [0.3, 0.4) is 0 Å². The Morgan fingerprint density at radius 3 is 2.42 bits per heavy atom. The van der Waals surface area contributed by atoms with Crippen molar-refractivity contribution in [3.8, 4) is 16.9 Å². The Morgan fingerprint density at radius 1 is 0.975 bits per heavy atom. The molecule has 5 aromatic rings. The molecule has 0 spiro atoms. The summed E-state index contributed by atoms with van der Waals surface area (Å²) in [7, 11) is -1.95. The Balaban J connectivity index is 1.30. The molecule has 0 fully saturated rings. The highest BCUT2D eigenvalue weighted by Crippen LogP contribution is 2.30. The van der Waals surface area contributed by atoms with E-state index in [2.05, 4.69) is 20.7 Å². The molecule has 0 aliphatic heterocycles. The number of fused-ring (bicyclic) bond motifs is 1. The average Bonchev–Trinajstić information content (AvgIpc) is 3.33. The molecule has 0 saturated carbocycles. The first-order chi connectivity index (χ1) is 19.1. The summed E-state index contributed by atoms with van der Waals surface area (Å²) in [4.78, 5) is 17.1. The number of hydrogen-bond acceptors (Lipinski definition) is 7. The summed E-state index contributed by atoms with van der Waals surface area (Å²) in [5.74, 6) is -1.18. The fraction of sp³-hybridized carbons (Fsp3) is 0.107. The number of benzene rings is 3. The number of nitrogens with one attached hydrogen (secondary N) is 2. The normalized spacial score (nSPS) is 11.4. The minimum Gasteiger partial charge on any atom is -0.495 e. The third-order valence-electron chi connectivity index (χ3n) is 6.11. The Labute approximate surface area is 228 Å². The summed E-state index contributed by atoms with van der Waals surface area (Å²) in [6.45, 7) is -0.0697. The van der Waals surface area contributed by atoms with Crippen LogP contribution in [-0.4, -0.2) is 42.3 Å². The van der Waals surface area contributed by atoms with Crippen LogP contribution in [0, 0.1) is 11.6 Å². The number of ether oxygens (including phenoxy) is 1. The van der Waals surface area contributed by atoms with Gasteiger partial charge in [-0.15, -0.1) is 5.10 Å². The molecular weight excluding hydrogens is 540 g/mol. The van der Waals surface area contributed by atoms with Gasteiger partial charge >= 0.3 is 0 Å². The van der Waals surface area contributed by atoms with E-state index in [9.17, 15) is 22.0 Å². The van der Waals surface area contributed by atoms with Crippen molar-refractivity contribution in [1.82, 2.24) is 19.9 Å². The molecule has 0 aliphatic rings. The first-order valence-corrected chi connectivity index (χ1v) is 13.8. The minimum absolute atomic E-state index is 0.0697. The number of anilines is 2. The number of amides is 1. The smallest absolute Gasteiger partial charge is 0.251 e. The van der Waals surface area contributed by atoms with Gasteiger partial charge in [-0.25, -0.2) is 21.7 Å². The van der Waals surface area contributed by atoms with Crippen molar-refractivity contribution >= 4 is 33.0 Å². The highest BCUT2D eigenvalue weighted by molar-refractivity contribution is 7.90. The van der Waals surface area contributed by atoms with Crippen molar-refractivity contribution in [3.05, 3.63) is 102 Å². The van der Waals surface area contributed by atoms with E-state index in [1.54, 1.807) is 47.1 Å². The highest BCUT2D eigenvalue weighted by Gasteiger charge is 2.14. The molecule has 3 aromatic carbocycles. The molecule has 0 atom stereocenters. The van der Waals surface area contributed by atoms with Crippen molar-refractivity contribution < 1.29 is 26.7 Å². The summed E-state index contributed by atoms with van der Waals surface area (Å²) in [6, 6.07) is 18.2. The van der Waals surface area contributed by atoms with E-state index in [4.69, 9.17) is 4.74 Å². The first kappa shape index (κ1) is 26.8. The molecule has 5 rings (SSSR count). The zero-order valence-corrected chi connectivity index (χ0v) is 22.2. The standard InChI is InChI=1S/C28H23F2N5O4S/c1-39-25-14-22(40(2,37)38)10-11-24(25)32-28-33-26-12-8-20(16-35(26)34-28)17-3-5-18(6-4-17)27(36)31-15-19-7-9-21(29)13-23(19)30/h3-14,16H,15H2,1-2H3,(H,31,36)(H,32,34). The van der Waals surface area contributed by atoms with Gasteiger partial charge in [0.05, 0.1) is 17.7 Å². The van der Waals surface area contributed by atoms with Gasteiger partial charge in [0, 0.05) is 47.8 Å². The lowest BCUT2D eigenvalue weighted by molar-refractivity contribution is 0.0950. The highest BCUT2D eigenvalue weighted by atomic mass is 32.2. The fourth-order valence-electron chi connectivity index (χ4n) is 3.99. The first-order valence-electron chi connectivity index (χ1n) is 11.9. The second-order valence-corrected chi connectivity index (χ2v) is 10.9. The SMILES string of the molecule is COc1cc(S(C)(=O)=O)ccc1Nc1nc2ccc(-c3ccc(C(=O)NCc4ccc(F)cc4F)cc3)cn2n1. The minimum atomic E-state index is -3.39. The van der Waals surface area contributed by atoms with E-state index < -0.39 is 27.4 Å². The van der Waals surface area contributed by atoms with E-state index >= 15 is 0 Å². The number of carbonyl (C=O) groups excluding carboxylic acids is 1. The van der Waals surface area contributed by atoms with Crippen LogP contribution in [0.1, 0.15) is 15.9 Å². The number of rotatable bonds is 8. The van der Waals surface area contributed by atoms with Crippen molar-refractivity contribution in [2.75, 3.05) is 18.7 Å². The lowest BCUT2D eigenvalue weighted by Gasteiger charge is -2.10. The number of pyridine rings is 1. The predicted molar refractivity (Wildman–Crippen MR) is 145 cm³/mol. The van der Waals surface area contributed by atoms with Crippen molar-refractivity contribution in [1.29, 1.82) is 0 Å². The van der Waals surface area contributed by atoms with Crippen LogP contribution >= 0.6 is 0 Å². The maximum atomic E-state index is 13.8. The molecule has 1 amide bonds. The monoisotopic (exact) mass is 563 g/mol. The third kappa shape index (κ3) is 5.76. The van der Waals surface area contributed by atoms with Crippen molar-refractivity contribution in [2.45, 2.75) is 11.4 Å². The van der Waals surface area contributed by atoms with Gasteiger partial charge in [-0.2, -0.15) is 4.98 Å². The van der Waals surface area contributed by atoms with Crippen LogP contribution < -0.4 is 15.4 Å². The van der Waals surface area contributed by atoms with E-state index in [0.717, 1.165) is 29.5 Å². The van der Waals surface area contributed by atoms with E-state index in [0.29, 0.717) is 22.6 Å². The largest absolute Gasteiger partial charge is 0.495 e. The van der Waals surface area contributed by atoms with Crippen LogP contribution in [0.2, 0.25) is 0 Å². The number of hydrogen-bond donors (Lipinski definition) is 2. The lowest BCUT2D eigenvalue weighted by atomic mass is 10.1. The maximum absolute atomic E-state index is 13.8. The van der Waals surface area contributed by atoms with Gasteiger partial charge in [0.2, 0.25) is 5.95 Å². The molecule has 40 heavy (non-hydrogen) atoms. The molecule has 0 bridgehead atoms. The number of nitrogens with zero attached hydrogens (tertiary/aromatic N) is 3. The van der Waals surface area contributed by atoms with E-state index in [1.807, 2.05) is 6.07 Å². The van der Waals surface area contributed by atoms with E-state index in [1.165, 1.54) is 25.3 Å². The second kappa shape index (κ2) is 10.7. The second-order valence-electron chi connectivity index (χ2n) is 8.91. The zero-order chi connectivity index (χ0) is 28.4. The van der Waals surface area contributed by atoms with Gasteiger partial charge in [0.1, 0.15) is 17.4 Å². The number of aromatic nitrogens is 3. The third-order valence-corrected chi connectivity index (χ3v) is 7.22. The summed E-state index contributed by atoms with van der Waals surface area (Å²) in [6.07, 6.45) is 2.90. The van der Waals surface area contributed by atoms with Gasteiger partial charge in [-0.05, 0) is 48.0 Å². The van der Waals surface area contributed by atoms with Gasteiger partial charge in [0.15, 0.2) is 15.5 Å². The molecule has 2 aromatic heterocycles. The van der Waals surface area contributed by atoms with Gasteiger partial charge in [-0.1, -0.05) is 18.2 Å². The number of sulfone groups is 1. The summed E-state index contributed by atoms with van der Waals surface area (Å²) >= 11 is 0. The van der Waals surface area contributed by atoms with Crippen LogP contribution in [-0.2, 0) is 16.4 Å². The molecule has 2 heterocycles. The Morgan fingerprint density at radius 2 is 1.73 bits per heavy atom. The topological polar surface area (TPSA) is 115 Å². The van der Waals surface area contributed by atoms with Gasteiger partial charge < -0.3 is 15.4 Å². The molecule has 0 radical (unpaired) electrons. The lowest BCUT2D eigenvalue weighted by Crippen LogP contribution is -2.23. The number of carbonyl (C=O) groups is 1. The van der Waals surface area contributed by atoms with Crippen LogP contribution in [0.25, 0.3) is 16.8 Å². The molecule has 0 aliphatic carbocycles. The van der Waals surface area contributed by atoms with Crippen molar-refractivity contribution in [3.63, 3.8) is 0 Å². The molecule has 12 heteroatoms. The van der Waals surface area contributed by atoms with Crippen LogP contribution in [0.15, 0.2) is 83.9 Å². The molecular formula is C28H23F2N5O4S. The Hall–Kier alpha value is -4.84. The van der Waals surface area contributed by atoms with Gasteiger partial charge in [-0.3, -0.25) is 4.79 Å². The Bertz CT molecular complexity index is 1840. The van der Waals surface area contributed by atoms with Gasteiger partial charge in [0.25, 0.3) is 5.91 Å². The fourth-order valence-corrected chi connectivity index (χ4v) is 4.63. The van der Waals surface area contributed by atoms with Crippen LogP contribution in [0.4, 0.5) is 20.4 Å². The van der Waals surface area contributed by atoms with E-state index in [-0.39, 0.29) is 23.0 Å². The quantitative estimate of drug-likeness (QED) is 0.280. The molecule has 2 N–H and O–H groups in total. The number of halogens is 2. The van der Waals surface area contributed by atoms with Crippen molar-refractivity contribution in [2.24, 2.45) is 0 Å². The predicted octanol–water partition coefficient (Wildman–Crippen LogP) is 4.76. The molecule has 0 unspecified atom stereocenters. The zero-order valence-electron chi connectivity index (χ0n) is 21.4. The van der Waals surface area contributed by atoms with Crippen LogP contribution in [0.5, 0.6) is 5.75 Å². The average molecular weight is 564 g/mol. The summed E-state index contributed by atoms with van der Waals surface area (Å²) in [5.41, 5.74) is 3.29. The summed E-state index contributed by atoms with van der Waals surface area (Å²) < 4.78 is 57.5. The molecule has 9 nitrogen and oxygen atoms in total. The number of methoxy groups -OCH3 is 1. The molecule has 0 saturated heterocycles. The summed E-state index contributed by atoms with van der Waals surface area (Å²) in [5, 5.41) is 10.1. The maximum Gasteiger partial charge on any atom is 0.251 e. The Kier molecular flexibility index (Phi) is 7.18. The molecule has 204 valence electrons.